The molecule has 0 aliphatic heterocycles. The fourth-order valence-electron chi connectivity index (χ4n) is 1.33. The molecule has 0 aromatic heterocycles. The summed E-state index contributed by atoms with van der Waals surface area (Å²) in [4.78, 5) is 2.05. The Morgan fingerprint density at radius 3 is 2.71 bits per heavy atom. The molecule has 1 rings (SSSR count). The number of rotatable bonds is 4. The molecule has 0 spiro atoms. The van der Waals surface area contributed by atoms with Crippen molar-refractivity contribution < 1.29 is 5.11 Å². The van der Waals surface area contributed by atoms with E-state index in [0.29, 0.717) is 0 Å². The zero-order valence-electron chi connectivity index (χ0n) is 8.77. The molecule has 0 aliphatic carbocycles. The van der Waals surface area contributed by atoms with E-state index in [1.54, 1.807) is 0 Å². The Morgan fingerprint density at radius 2 is 2.14 bits per heavy atom. The van der Waals surface area contributed by atoms with Gasteiger partial charge >= 0.3 is 0 Å². The Morgan fingerprint density at radius 1 is 1.43 bits per heavy atom. The highest BCUT2D eigenvalue weighted by atomic mass is 16.3. The van der Waals surface area contributed by atoms with E-state index in [4.69, 9.17) is 10.8 Å². The average Bonchev–Trinajstić information content (AvgIpc) is 2.18. The first-order valence-electron chi connectivity index (χ1n) is 4.76. The highest BCUT2D eigenvalue weighted by Crippen LogP contribution is 2.14. The molecular weight excluding hydrogens is 176 g/mol. The molecule has 14 heavy (non-hydrogen) atoms. The van der Waals surface area contributed by atoms with Gasteiger partial charge < -0.3 is 15.7 Å². The maximum Gasteiger partial charge on any atom is 0.0585 e. The molecule has 3 heteroatoms. The van der Waals surface area contributed by atoms with Gasteiger partial charge in [0.05, 0.1) is 6.61 Å². The highest BCUT2D eigenvalue weighted by molar-refractivity contribution is 5.47. The van der Waals surface area contributed by atoms with Crippen LogP contribution in [0.3, 0.4) is 0 Å². The van der Waals surface area contributed by atoms with Gasteiger partial charge in [-0.3, -0.25) is 0 Å². The summed E-state index contributed by atoms with van der Waals surface area (Å²) in [5, 5.41) is 8.84. The molecule has 1 atom stereocenters. The van der Waals surface area contributed by atoms with Gasteiger partial charge in [-0.05, 0) is 24.1 Å². The van der Waals surface area contributed by atoms with Crippen LogP contribution >= 0.6 is 0 Å². The third-order valence-corrected chi connectivity index (χ3v) is 2.16. The van der Waals surface area contributed by atoms with Gasteiger partial charge in [0.15, 0.2) is 0 Å². The number of nitrogens with two attached hydrogens (primary N) is 1. The number of hydrogen-bond donors (Lipinski definition) is 2. The minimum absolute atomic E-state index is 0.0339. The number of nitrogens with zero attached hydrogens (tertiary/aromatic N) is 1. The van der Waals surface area contributed by atoms with E-state index in [0.717, 1.165) is 17.7 Å². The van der Waals surface area contributed by atoms with Crippen molar-refractivity contribution in [3.63, 3.8) is 0 Å². The molecule has 0 amide bonds. The molecule has 0 saturated heterocycles. The number of aliphatic hydroxyl groups excluding tert-OH is 1. The first kappa shape index (κ1) is 11.0. The maximum atomic E-state index is 8.84. The third kappa shape index (κ3) is 3.01. The fourth-order valence-corrected chi connectivity index (χ4v) is 1.33. The molecular formula is C11H18N2O. The van der Waals surface area contributed by atoms with Crippen LogP contribution in [0.15, 0.2) is 24.3 Å². The van der Waals surface area contributed by atoms with E-state index in [-0.39, 0.29) is 12.6 Å². The summed E-state index contributed by atoms with van der Waals surface area (Å²) >= 11 is 0. The van der Waals surface area contributed by atoms with Crippen LogP contribution in [0.5, 0.6) is 0 Å². The Kier molecular flexibility index (Phi) is 3.92. The summed E-state index contributed by atoms with van der Waals surface area (Å²) in [7, 11) is 4.01. The molecule has 0 saturated carbocycles. The summed E-state index contributed by atoms with van der Waals surface area (Å²) in [5.74, 6) is 0. The molecule has 3 nitrogen and oxygen atoms in total. The van der Waals surface area contributed by atoms with E-state index in [1.165, 1.54) is 0 Å². The number of hydrogen-bond acceptors (Lipinski definition) is 3. The molecule has 0 bridgehead atoms. The van der Waals surface area contributed by atoms with Gasteiger partial charge in [0.2, 0.25) is 0 Å². The molecule has 1 aromatic rings. The SMILES string of the molecule is CN(C)c1cccc(CC(N)CO)c1. The van der Waals surface area contributed by atoms with Crippen LogP contribution in [0.1, 0.15) is 5.56 Å². The van der Waals surface area contributed by atoms with Crippen molar-refractivity contribution in [2.45, 2.75) is 12.5 Å². The van der Waals surface area contributed by atoms with Crippen molar-refractivity contribution in [3.05, 3.63) is 29.8 Å². The molecule has 3 N–H and O–H groups in total. The molecule has 1 aromatic carbocycles. The van der Waals surface area contributed by atoms with E-state index < -0.39 is 0 Å². The minimum Gasteiger partial charge on any atom is -0.395 e. The van der Waals surface area contributed by atoms with Gasteiger partial charge in [-0.2, -0.15) is 0 Å². The molecule has 78 valence electrons. The predicted molar refractivity (Wildman–Crippen MR) is 59.5 cm³/mol. The van der Waals surface area contributed by atoms with Crippen molar-refractivity contribution in [3.8, 4) is 0 Å². The van der Waals surface area contributed by atoms with Crippen LogP contribution in [-0.4, -0.2) is 31.9 Å². The van der Waals surface area contributed by atoms with E-state index >= 15 is 0 Å². The summed E-state index contributed by atoms with van der Waals surface area (Å²) in [6, 6.07) is 8.02. The normalized spacial score (nSPS) is 12.6. The molecule has 0 heterocycles. The first-order valence-corrected chi connectivity index (χ1v) is 4.76. The number of benzene rings is 1. The van der Waals surface area contributed by atoms with Crippen LogP contribution in [0.4, 0.5) is 5.69 Å². The molecule has 0 aliphatic rings. The van der Waals surface area contributed by atoms with Gasteiger partial charge in [-0.15, -0.1) is 0 Å². The van der Waals surface area contributed by atoms with Crippen LogP contribution in [0.2, 0.25) is 0 Å². The standard InChI is InChI=1S/C11H18N2O/c1-13(2)11-5-3-4-9(7-11)6-10(12)8-14/h3-5,7,10,14H,6,8,12H2,1-2H3. The predicted octanol–water partition coefficient (Wildman–Crippen LogP) is 0.615. The topological polar surface area (TPSA) is 49.5 Å². The summed E-state index contributed by atoms with van der Waals surface area (Å²) in [6.07, 6.45) is 0.720. The monoisotopic (exact) mass is 194 g/mol. The van der Waals surface area contributed by atoms with Crippen molar-refractivity contribution in [1.82, 2.24) is 0 Å². The van der Waals surface area contributed by atoms with Gasteiger partial charge in [-0.1, -0.05) is 12.1 Å². The second-order valence-corrected chi connectivity index (χ2v) is 3.71. The van der Waals surface area contributed by atoms with Crippen LogP contribution in [0.25, 0.3) is 0 Å². The summed E-state index contributed by atoms with van der Waals surface area (Å²) in [5.41, 5.74) is 7.99. The highest BCUT2D eigenvalue weighted by Gasteiger charge is 2.03. The van der Waals surface area contributed by atoms with Crippen molar-refractivity contribution in [2.75, 3.05) is 25.6 Å². The first-order chi connectivity index (χ1) is 6.63. The largest absolute Gasteiger partial charge is 0.395 e. The van der Waals surface area contributed by atoms with Crippen molar-refractivity contribution in [2.24, 2.45) is 5.73 Å². The van der Waals surface area contributed by atoms with Crippen LogP contribution in [-0.2, 0) is 6.42 Å². The molecule has 0 radical (unpaired) electrons. The fraction of sp³-hybridized carbons (Fsp3) is 0.455. The van der Waals surface area contributed by atoms with E-state index in [1.807, 2.05) is 37.2 Å². The van der Waals surface area contributed by atoms with E-state index in [2.05, 4.69) is 6.07 Å². The summed E-state index contributed by atoms with van der Waals surface area (Å²) < 4.78 is 0. The zero-order chi connectivity index (χ0) is 10.6. The average molecular weight is 194 g/mol. The Hall–Kier alpha value is -1.06. The Balaban J connectivity index is 2.73. The second kappa shape index (κ2) is 4.98. The van der Waals surface area contributed by atoms with Gasteiger partial charge in [0.25, 0.3) is 0 Å². The number of aliphatic hydroxyl groups is 1. The van der Waals surface area contributed by atoms with E-state index in [9.17, 15) is 0 Å². The van der Waals surface area contributed by atoms with Gasteiger partial charge in [-0.25, -0.2) is 0 Å². The van der Waals surface area contributed by atoms with Crippen molar-refractivity contribution >= 4 is 5.69 Å². The third-order valence-electron chi connectivity index (χ3n) is 2.16. The Bertz CT molecular complexity index is 286. The lowest BCUT2D eigenvalue weighted by atomic mass is 10.1. The Labute approximate surface area is 85.2 Å². The quantitative estimate of drug-likeness (QED) is 0.738. The lowest BCUT2D eigenvalue weighted by Gasteiger charge is -2.14. The lowest BCUT2D eigenvalue weighted by molar-refractivity contribution is 0.265. The molecule has 1 unspecified atom stereocenters. The van der Waals surface area contributed by atoms with Crippen molar-refractivity contribution in [1.29, 1.82) is 0 Å². The molecule has 0 fully saturated rings. The van der Waals surface area contributed by atoms with Gasteiger partial charge in [0, 0.05) is 25.8 Å². The maximum absolute atomic E-state index is 8.84. The zero-order valence-corrected chi connectivity index (χ0v) is 8.77. The lowest BCUT2D eigenvalue weighted by Crippen LogP contribution is -2.26. The number of anilines is 1. The van der Waals surface area contributed by atoms with Gasteiger partial charge in [0.1, 0.15) is 0 Å². The van der Waals surface area contributed by atoms with Crippen LogP contribution in [0, 0.1) is 0 Å². The second-order valence-electron chi connectivity index (χ2n) is 3.71. The summed E-state index contributed by atoms with van der Waals surface area (Å²) in [6.45, 7) is 0.0339. The minimum atomic E-state index is -0.160. The smallest absolute Gasteiger partial charge is 0.0585 e. The van der Waals surface area contributed by atoms with Crippen LogP contribution < -0.4 is 10.6 Å².